The zero-order valence-corrected chi connectivity index (χ0v) is 90.6. The number of carbonyl (C=O) groups excluding carboxylic acids is 3. The Labute approximate surface area is 881 Å². The molecule has 720 valence electrons. The number of Topliss-reactive ketones (excluding diaryl/α,β-unsaturated/α-hetero) is 1. The Morgan fingerprint density at radius 2 is 0.688 bits per heavy atom. The summed E-state index contributed by atoms with van der Waals surface area (Å²) in [7, 11) is 0. The molecule has 5 aliphatic rings. The first kappa shape index (κ1) is 110. The van der Waals surface area contributed by atoms with Gasteiger partial charge in [-0.1, -0.05) is 400 Å². The average molecular weight is 2370 g/mol. The lowest BCUT2D eigenvalue weighted by Crippen LogP contribution is -2.44. The molecule has 12 atom stereocenters. The van der Waals surface area contributed by atoms with E-state index in [1.165, 1.54) is 33.4 Å². The van der Waals surface area contributed by atoms with Gasteiger partial charge < -0.3 is 44.1 Å². The van der Waals surface area contributed by atoms with Crippen LogP contribution in [0.3, 0.4) is 0 Å². The molecule has 0 aliphatic carbocycles. The van der Waals surface area contributed by atoms with Crippen LogP contribution in [0, 0.1) is 6.57 Å². The molecule has 24 heteroatoms. The number of carbonyl (C=O) groups is 3. The van der Waals surface area contributed by atoms with Crippen molar-refractivity contribution < 1.29 is 48.3 Å². The summed E-state index contributed by atoms with van der Waals surface area (Å²) in [5, 5.41) is 23.8. The number of nitrogens with one attached hydrogen (secondary N) is 1. The van der Waals surface area contributed by atoms with Gasteiger partial charge in [0, 0.05) is 113 Å². The molecule has 0 aromatic heterocycles. The number of aliphatic hydroxyl groups is 2. The fourth-order valence-corrected chi connectivity index (χ4v) is 18.1. The minimum Gasteiger partial charge on any atom is -0.388 e. The van der Waals surface area contributed by atoms with Crippen molar-refractivity contribution in [2.75, 3.05) is 96.1 Å². The minimum absolute atomic E-state index is 0.0460. The fourth-order valence-electron chi connectivity index (χ4n) is 15.8. The van der Waals surface area contributed by atoms with E-state index in [9.17, 15) is 24.6 Å². The number of benzene rings is 13. The number of ether oxygens (including phenoxy) is 5. The monoisotopic (exact) mass is 2360 g/mol. The van der Waals surface area contributed by atoms with E-state index in [1.54, 1.807) is 12.1 Å². The molecule has 0 bridgehead atoms. The summed E-state index contributed by atoms with van der Waals surface area (Å²) < 4.78 is 35.0. The minimum atomic E-state index is -0.487. The normalized spacial score (nSPS) is 18.3. The lowest BCUT2D eigenvalue weighted by atomic mass is 10.0. The molecule has 16 nitrogen and oxygen atoms in total. The van der Waals surface area contributed by atoms with Crippen molar-refractivity contribution >= 4 is 151 Å². The maximum atomic E-state index is 12.2. The van der Waals surface area contributed by atoms with Crippen molar-refractivity contribution in [2.24, 2.45) is 0 Å². The van der Waals surface area contributed by atoms with Crippen LogP contribution in [0.15, 0.2) is 373 Å². The van der Waals surface area contributed by atoms with Gasteiger partial charge in [-0.05, 0) is 174 Å². The second-order valence-corrected chi connectivity index (χ2v) is 40.3. The number of alkyl halides is 2. The van der Waals surface area contributed by atoms with E-state index in [-0.39, 0.29) is 54.8 Å². The first-order valence-corrected chi connectivity index (χ1v) is 53.1. The van der Waals surface area contributed by atoms with Gasteiger partial charge in [0.2, 0.25) is 5.91 Å². The topological polar surface area (TPSA) is 170 Å². The number of amides is 1. The van der Waals surface area contributed by atoms with Gasteiger partial charge in [-0.25, -0.2) is 4.85 Å². The quantitative estimate of drug-likeness (QED) is 0.0182. The van der Waals surface area contributed by atoms with Crippen LogP contribution in [0.4, 0.5) is 5.69 Å². The van der Waals surface area contributed by atoms with Crippen LogP contribution < -0.4 is 5.32 Å². The molecule has 0 saturated carbocycles. The van der Waals surface area contributed by atoms with Crippen LogP contribution >= 0.6 is 127 Å². The van der Waals surface area contributed by atoms with Gasteiger partial charge in [-0.2, -0.15) is 0 Å². The number of epoxide rings is 1. The third kappa shape index (κ3) is 35.9. The van der Waals surface area contributed by atoms with Crippen LogP contribution in [0.25, 0.3) is 4.85 Å². The Balaban J connectivity index is 0.000000153. The molecular formula is C114H118Br8N6O10. The molecule has 5 heterocycles. The Hall–Kier alpha value is -8.44. The summed E-state index contributed by atoms with van der Waals surface area (Å²) in [5.74, 6) is 0.155. The molecule has 0 unspecified atom stereocenters. The molecule has 13 aromatic carbocycles. The van der Waals surface area contributed by atoms with Gasteiger partial charge in [-0.3, -0.25) is 29.1 Å². The standard InChI is InChI=1S/C19H20N2O.C19H21NO2.C18H18BrNO2.C18H20BrNO.C16H18BrNO.C8H8Br2O.C8H6Br2O.C8H7BrO/c1-15(16-6-4-3-5-7-16)21-12-13-22-19(14-21)17-8-10-18(20-2)11-9-17;1-15(17-5-3-2-4-6-17)20-11-12-22-19(13-20)18-9-7-16(14-21)8-10-18;1-13(14-5-3-2-4-6-14)20-11-17(22-12-18(20)21)15-7-9-16(19)10-8-15;1-14(15-5-3-2-4-6-15)20-11-12-21-18(13-20)16-7-9-17(19)10-8-16;1-12(13-5-3-2-4-6-13)18-11-16(19)14-7-9-15(17)10-8-14;2*9-5-8(11)6-1-3-7(10)4-2-6;9-7-3-1-6(2-4-7)8-5-10-8/h3-11,15,19H,12-14H2,1H3;2-10,14-15,19H,11-13H2,1H3;2-10,13,17H,11-12H2,1H3;2-10,14,18H,11-13H2,1H3;2-10,12,16,18-19H,11H2,1H3;1-4,8,11H,5H2;1-4H,5H2;1-4,8H,5H2/t2*15-,19-;13-,17-;14-,18-;12-,16-;8-;;8-/m111111.1/s1. The van der Waals surface area contributed by atoms with Crippen molar-refractivity contribution in [3.63, 3.8) is 0 Å². The molecule has 3 N–H and O–H groups in total. The Morgan fingerprint density at radius 3 is 1.02 bits per heavy atom. The highest BCUT2D eigenvalue weighted by atomic mass is 79.9. The number of aldehydes is 1. The molecule has 5 aliphatic heterocycles. The zero-order chi connectivity index (χ0) is 98.1. The SMILES string of the molecule is Brc1ccc([C@H]2CO2)cc1.C[C@@H](NC[C@@H](O)c1ccc(Br)cc1)c1ccccc1.C[C@H](c1ccccc1)N1CCO[C@@H](c2ccc(Br)cc2)C1.C[C@H](c1ccccc1)N1CCO[C@@H](c2ccc(C=O)cc2)C1.C[C@H](c1ccccc1)N1C[C@H](c2ccc(Br)cc2)OCC1=O.O=C(CBr)c1ccc(Br)cc1.O[C@H](CBr)c1ccc(Br)cc1.[C-]#[N+]c1ccc([C@H]2CN([C@H](C)c3ccccc3)CCO2)cc1. The van der Waals surface area contributed by atoms with Gasteiger partial charge in [-0.15, -0.1) is 0 Å². The molecule has 0 radical (unpaired) electrons. The largest absolute Gasteiger partial charge is 0.388 e. The third-order valence-electron chi connectivity index (χ3n) is 24.4. The predicted octanol–water partition coefficient (Wildman–Crippen LogP) is 29.0. The Bertz CT molecular complexity index is 5770. The van der Waals surface area contributed by atoms with Crippen LogP contribution in [-0.2, 0) is 28.5 Å². The summed E-state index contributed by atoms with van der Waals surface area (Å²) in [4.78, 5) is 46.8. The molecule has 1 amide bonds. The van der Waals surface area contributed by atoms with E-state index < -0.39 is 12.2 Å². The van der Waals surface area contributed by atoms with E-state index >= 15 is 0 Å². The maximum absolute atomic E-state index is 12.2. The second-order valence-electron chi connectivity index (χ2n) is 33.6. The summed E-state index contributed by atoms with van der Waals surface area (Å²) in [6.45, 7) is 28.0. The van der Waals surface area contributed by atoms with Crippen molar-refractivity contribution in [3.05, 3.63) is 462 Å². The molecule has 13 aromatic rings. The number of nitrogens with zero attached hydrogens (tertiary/aromatic N) is 5. The van der Waals surface area contributed by atoms with E-state index in [1.807, 2.05) is 193 Å². The number of hydrogen-bond acceptors (Lipinski definition) is 14. The van der Waals surface area contributed by atoms with Crippen molar-refractivity contribution in [2.45, 2.75) is 108 Å². The predicted molar refractivity (Wildman–Crippen MR) is 583 cm³/mol. The highest BCUT2D eigenvalue weighted by Gasteiger charge is 2.33. The van der Waals surface area contributed by atoms with Crippen LogP contribution in [0.1, 0.15) is 195 Å². The zero-order valence-electron chi connectivity index (χ0n) is 77.9. The highest BCUT2D eigenvalue weighted by molar-refractivity contribution is 9.11. The van der Waals surface area contributed by atoms with Crippen molar-refractivity contribution in [3.8, 4) is 0 Å². The molecular weight excluding hydrogens is 2250 g/mol. The summed E-state index contributed by atoms with van der Waals surface area (Å²) in [5.41, 5.74) is 16.3. The van der Waals surface area contributed by atoms with Gasteiger partial charge in [0.1, 0.15) is 25.1 Å². The molecule has 0 spiro atoms. The lowest BCUT2D eigenvalue weighted by Gasteiger charge is -2.37. The first-order valence-electron chi connectivity index (χ1n) is 46.1. The second kappa shape index (κ2) is 58.8. The van der Waals surface area contributed by atoms with Gasteiger partial charge >= 0.3 is 0 Å². The van der Waals surface area contributed by atoms with Gasteiger partial charge in [0.15, 0.2) is 11.5 Å². The van der Waals surface area contributed by atoms with Gasteiger partial charge in [0.05, 0.1) is 81.4 Å². The lowest BCUT2D eigenvalue weighted by molar-refractivity contribution is -0.152. The molecule has 18 rings (SSSR count). The van der Waals surface area contributed by atoms with E-state index in [0.717, 1.165) is 138 Å². The fraction of sp³-hybridized carbons (Fsp3) is 0.281. The van der Waals surface area contributed by atoms with Gasteiger partial charge in [0.25, 0.3) is 0 Å². The Morgan fingerprint density at radius 1 is 0.384 bits per heavy atom. The first-order chi connectivity index (χ1) is 66.9. The van der Waals surface area contributed by atoms with Crippen LogP contribution in [0.2, 0.25) is 0 Å². The summed E-state index contributed by atoms with van der Waals surface area (Å²) in [6, 6.07) is 117. The van der Waals surface area contributed by atoms with Crippen molar-refractivity contribution in [1.82, 2.24) is 24.9 Å². The molecule has 138 heavy (non-hydrogen) atoms. The molecule has 5 saturated heterocycles. The van der Waals surface area contributed by atoms with Crippen LogP contribution in [-0.4, -0.2) is 144 Å². The van der Waals surface area contributed by atoms with E-state index in [4.69, 9.17) is 30.3 Å². The number of halogens is 8. The van der Waals surface area contributed by atoms with Crippen molar-refractivity contribution in [1.29, 1.82) is 0 Å². The molecule has 5 fully saturated rings. The van der Waals surface area contributed by atoms with E-state index in [2.05, 4.69) is 333 Å². The number of aliphatic hydroxyl groups excluding tert-OH is 2. The number of rotatable bonds is 23. The highest BCUT2D eigenvalue weighted by Crippen LogP contribution is 2.37. The maximum Gasteiger partial charge on any atom is 0.249 e. The smallest absolute Gasteiger partial charge is 0.249 e. The number of hydrogen-bond donors (Lipinski definition) is 3. The summed E-state index contributed by atoms with van der Waals surface area (Å²) >= 11 is 26.6. The third-order valence-corrected chi connectivity index (χ3v) is 28.7. The summed E-state index contributed by atoms with van der Waals surface area (Å²) in [6.07, 6.45) is 0.612. The Kier molecular flexibility index (Phi) is 46.9. The average Bonchev–Trinajstić information content (AvgIpc) is 0.994. The number of ketones is 1. The number of morpholine rings is 4. The van der Waals surface area contributed by atoms with Crippen LogP contribution in [0.5, 0.6) is 0 Å². The van der Waals surface area contributed by atoms with E-state index in [0.29, 0.717) is 59.2 Å².